The molecule has 4 heteroatoms. The van der Waals surface area contributed by atoms with Crippen LogP contribution in [0.1, 0.15) is 30.0 Å². The van der Waals surface area contributed by atoms with Gasteiger partial charge >= 0.3 is 0 Å². The molecule has 1 N–H and O–H groups in total. The van der Waals surface area contributed by atoms with Crippen molar-refractivity contribution >= 4 is 11.3 Å². The Morgan fingerprint density at radius 3 is 2.76 bits per heavy atom. The number of aryl methyl sites for hydroxylation is 2. The van der Waals surface area contributed by atoms with Crippen molar-refractivity contribution in [2.24, 2.45) is 0 Å². The monoisotopic (exact) mass is 250 g/mol. The van der Waals surface area contributed by atoms with Gasteiger partial charge in [0.25, 0.3) is 0 Å². The van der Waals surface area contributed by atoms with E-state index in [2.05, 4.69) is 44.1 Å². The average Bonchev–Trinajstić information content (AvgIpc) is 2.83. The lowest BCUT2D eigenvalue weighted by Crippen LogP contribution is -2.22. The zero-order chi connectivity index (χ0) is 12.4. The summed E-state index contributed by atoms with van der Waals surface area (Å²) >= 11 is 1.76. The van der Waals surface area contributed by atoms with E-state index in [0.717, 1.165) is 22.9 Å². The first kappa shape index (κ1) is 12.3. The third-order valence-electron chi connectivity index (χ3n) is 2.71. The maximum absolute atomic E-state index is 5.51. The molecule has 0 spiro atoms. The normalized spacial score (nSPS) is 11.4. The molecule has 0 radical (unpaired) electrons. The fourth-order valence-electron chi connectivity index (χ4n) is 1.58. The Balaban J connectivity index is 2.24. The van der Waals surface area contributed by atoms with Crippen molar-refractivity contribution in [3.05, 3.63) is 28.6 Å². The van der Waals surface area contributed by atoms with Crippen LogP contribution in [-0.4, -0.2) is 11.0 Å². The summed E-state index contributed by atoms with van der Waals surface area (Å²) in [4.78, 5) is 6.78. The number of nitrogens with zero attached hydrogens (tertiary/aromatic N) is 1. The Morgan fingerprint density at radius 1 is 1.41 bits per heavy atom. The van der Waals surface area contributed by atoms with Crippen LogP contribution in [0.2, 0.25) is 0 Å². The van der Waals surface area contributed by atoms with Gasteiger partial charge in [0.05, 0.1) is 4.88 Å². The van der Waals surface area contributed by atoms with Crippen LogP contribution in [0.4, 0.5) is 0 Å². The summed E-state index contributed by atoms with van der Waals surface area (Å²) < 4.78 is 5.51. The maximum atomic E-state index is 5.51. The molecule has 0 aromatic carbocycles. The topological polar surface area (TPSA) is 38.1 Å². The van der Waals surface area contributed by atoms with Crippen molar-refractivity contribution < 1.29 is 4.42 Å². The lowest BCUT2D eigenvalue weighted by molar-refractivity contribution is 0.564. The van der Waals surface area contributed by atoms with Crippen LogP contribution in [0.3, 0.4) is 0 Å². The standard InChI is InChI=1S/C13H18N2OS/c1-8(2)14-6-11-13(16-7-15-11)12-5-9(3)10(4)17-12/h5,7-8,14H,6H2,1-4H3. The summed E-state index contributed by atoms with van der Waals surface area (Å²) in [5.74, 6) is 0.902. The summed E-state index contributed by atoms with van der Waals surface area (Å²) in [5, 5.41) is 3.36. The summed E-state index contributed by atoms with van der Waals surface area (Å²) in [6.07, 6.45) is 1.52. The predicted molar refractivity (Wildman–Crippen MR) is 71.3 cm³/mol. The van der Waals surface area contributed by atoms with Gasteiger partial charge in [-0.15, -0.1) is 11.3 Å². The number of hydrogen-bond donors (Lipinski definition) is 1. The van der Waals surface area contributed by atoms with Gasteiger partial charge in [-0.2, -0.15) is 0 Å². The van der Waals surface area contributed by atoms with Crippen molar-refractivity contribution in [1.82, 2.24) is 10.3 Å². The van der Waals surface area contributed by atoms with E-state index < -0.39 is 0 Å². The Kier molecular flexibility index (Phi) is 3.64. The lowest BCUT2D eigenvalue weighted by atomic mass is 10.2. The molecule has 2 aromatic rings. The van der Waals surface area contributed by atoms with Crippen LogP contribution in [0.25, 0.3) is 10.6 Å². The Morgan fingerprint density at radius 2 is 2.18 bits per heavy atom. The van der Waals surface area contributed by atoms with Crippen LogP contribution >= 0.6 is 11.3 Å². The van der Waals surface area contributed by atoms with E-state index in [4.69, 9.17) is 4.42 Å². The average molecular weight is 250 g/mol. The first-order valence-corrected chi connectivity index (χ1v) is 6.62. The zero-order valence-corrected chi connectivity index (χ0v) is 11.5. The molecule has 0 aliphatic rings. The largest absolute Gasteiger partial charge is 0.442 e. The van der Waals surface area contributed by atoms with E-state index in [1.54, 1.807) is 11.3 Å². The molecule has 92 valence electrons. The number of nitrogens with one attached hydrogen (secondary N) is 1. The number of aromatic nitrogens is 1. The predicted octanol–water partition coefficient (Wildman–Crippen LogP) is 3.52. The van der Waals surface area contributed by atoms with Crippen LogP contribution < -0.4 is 5.32 Å². The molecular formula is C13H18N2OS. The number of thiophene rings is 1. The molecule has 0 unspecified atom stereocenters. The van der Waals surface area contributed by atoms with Gasteiger partial charge in [-0.3, -0.25) is 0 Å². The molecule has 0 aliphatic heterocycles. The molecule has 0 saturated heterocycles. The fourth-order valence-corrected chi connectivity index (χ4v) is 2.63. The van der Waals surface area contributed by atoms with Crippen molar-refractivity contribution in [3.63, 3.8) is 0 Å². The fraction of sp³-hybridized carbons (Fsp3) is 0.462. The van der Waals surface area contributed by atoms with Gasteiger partial charge in [-0.1, -0.05) is 13.8 Å². The minimum absolute atomic E-state index is 0.450. The molecule has 2 heterocycles. The van der Waals surface area contributed by atoms with E-state index >= 15 is 0 Å². The van der Waals surface area contributed by atoms with Crippen LogP contribution in [-0.2, 0) is 6.54 Å². The summed E-state index contributed by atoms with van der Waals surface area (Å²) in [7, 11) is 0. The van der Waals surface area contributed by atoms with Crippen molar-refractivity contribution in [2.45, 2.75) is 40.3 Å². The van der Waals surface area contributed by atoms with Crippen molar-refractivity contribution in [2.75, 3.05) is 0 Å². The number of rotatable bonds is 4. The second-order valence-corrected chi connectivity index (χ2v) is 5.77. The Bertz CT molecular complexity index is 480. The summed E-state index contributed by atoms with van der Waals surface area (Å²) in [5.41, 5.74) is 2.30. The SMILES string of the molecule is Cc1cc(-c2ocnc2CNC(C)C)sc1C. The van der Waals surface area contributed by atoms with E-state index in [9.17, 15) is 0 Å². The molecule has 3 nitrogen and oxygen atoms in total. The minimum atomic E-state index is 0.450. The second-order valence-electron chi connectivity index (χ2n) is 4.51. The highest BCUT2D eigenvalue weighted by molar-refractivity contribution is 7.15. The van der Waals surface area contributed by atoms with Gasteiger partial charge in [0.15, 0.2) is 12.2 Å². The molecule has 0 fully saturated rings. The van der Waals surface area contributed by atoms with Crippen LogP contribution in [0.15, 0.2) is 16.9 Å². The van der Waals surface area contributed by atoms with Crippen molar-refractivity contribution in [3.8, 4) is 10.6 Å². The molecule has 0 saturated carbocycles. The third-order valence-corrected chi connectivity index (χ3v) is 3.86. The number of oxazole rings is 1. The van der Waals surface area contributed by atoms with Gasteiger partial charge in [0.1, 0.15) is 5.69 Å². The van der Waals surface area contributed by atoms with Gasteiger partial charge in [0, 0.05) is 17.5 Å². The molecule has 0 amide bonds. The highest BCUT2D eigenvalue weighted by Crippen LogP contribution is 2.32. The van der Waals surface area contributed by atoms with E-state index in [1.807, 2.05) is 0 Å². The van der Waals surface area contributed by atoms with Gasteiger partial charge in [-0.25, -0.2) is 4.98 Å². The van der Waals surface area contributed by atoms with E-state index in [1.165, 1.54) is 16.8 Å². The van der Waals surface area contributed by atoms with Crippen LogP contribution in [0.5, 0.6) is 0 Å². The zero-order valence-electron chi connectivity index (χ0n) is 10.7. The first-order chi connectivity index (χ1) is 8.08. The Hall–Kier alpha value is -1.13. The Labute approximate surface area is 106 Å². The first-order valence-electron chi connectivity index (χ1n) is 5.81. The van der Waals surface area contributed by atoms with Crippen LogP contribution in [0, 0.1) is 13.8 Å². The molecule has 17 heavy (non-hydrogen) atoms. The lowest BCUT2D eigenvalue weighted by Gasteiger charge is -2.06. The highest BCUT2D eigenvalue weighted by atomic mass is 32.1. The molecule has 0 bridgehead atoms. The van der Waals surface area contributed by atoms with E-state index in [-0.39, 0.29) is 0 Å². The van der Waals surface area contributed by atoms with Crippen molar-refractivity contribution in [1.29, 1.82) is 0 Å². The molecule has 2 rings (SSSR count). The molecule has 0 atom stereocenters. The van der Waals surface area contributed by atoms with Gasteiger partial charge in [0.2, 0.25) is 0 Å². The number of hydrogen-bond acceptors (Lipinski definition) is 4. The molecule has 0 aliphatic carbocycles. The van der Waals surface area contributed by atoms with E-state index in [0.29, 0.717) is 6.04 Å². The molecule has 2 aromatic heterocycles. The van der Waals surface area contributed by atoms with Gasteiger partial charge in [-0.05, 0) is 25.5 Å². The summed E-state index contributed by atoms with van der Waals surface area (Å²) in [6.45, 7) is 9.25. The second kappa shape index (κ2) is 5.02. The maximum Gasteiger partial charge on any atom is 0.181 e. The minimum Gasteiger partial charge on any atom is -0.442 e. The van der Waals surface area contributed by atoms with Gasteiger partial charge < -0.3 is 9.73 Å². The summed E-state index contributed by atoms with van der Waals surface area (Å²) in [6, 6.07) is 2.62. The molecular weight excluding hydrogens is 232 g/mol. The smallest absolute Gasteiger partial charge is 0.181 e. The highest BCUT2D eigenvalue weighted by Gasteiger charge is 2.13. The third kappa shape index (κ3) is 2.76. The quantitative estimate of drug-likeness (QED) is 0.902.